The highest BCUT2D eigenvalue weighted by Crippen LogP contribution is 2.29. The molecular formula is C22H31N3O6. The lowest BCUT2D eigenvalue weighted by atomic mass is 9.94. The summed E-state index contributed by atoms with van der Waals surface area (Å²) in [5, 5.41) is 0. The minimum absolute atomic E-state index is 0.0742. The van der Waals surface area contributed by atoms with Crippen LogP contribution in [-0.2, 0) is 9.53 Å². The van der Waals surface area contributed by atoms with Crippen LogP contribution in [0.5, 0.6) is 11.5 Å². The number of ether oxygens (including phenoxy) is 3. The average Bonchev–Trinajstić information content (AvgIpc) is 2.83. The van der Waals surface area contributed by atoms with Crippen molar-refractivity contribution in [1.29, 1.82) is 0 Å². The van der Waals surface area contributed by atoms with Gasteiger partial charge in [-0.05, 0) is 38.0 Å². The zero-order valence-electron chi connectivity index (χ0n) is 18.5. The van der Waals surface area contributed by atoms with E-state index in [2.05, 4.69) is 0 Å². The highest BCUT2D eigenvalue weighted by Gasteiger charge is 2.33. The summed E-state index contributed by atoms with van der Waals surface area (Å²) in [4.78, 5) is 42.9. The zero-order chi connectivity index (χ0) is 22.4. The molecule has 170 valence electrons. The maximum absolute atomic E-state index is 12.9. The molecule has 2 fully saturated rings. The molecule has 0 radical (unpaired) electrons. The molecule has 3 amide bonds. The molecular weight excluding hydrogens is 402 g/mol. The second kappa shape index (κ2) is 10.4. The van der Waals surface area contributed by atoms with Crippen LogP contribution >= 0.6 is 0 Å². The molecule has 3 rings (SSSR count). The lowest BCUT2D eigenvalue weighted by molar-refractivity contribution is -0.138. The number of piperazine rings is 1. The standard InChI is InChI=1S/C22H31N3O6/c1-4-31-22(28)25-13-11-24(12-14-25)20(26)16-7-9-23(10-8-16)21(27)17-5-6-18(29-2)19(15-17)30-3/h5-6,15-16H,4,7-14H2,1-3H3. The minimum Gasteiger partial charge on any atom is -0.493 e. The van der Waals surface area contributed by atoms with E-state index in [9.17, 15) is 14.4 Å². The first-order chi connectivity index (χ1) is 15.0. The molecule has 0 atom stereocenters. The van der Waals surface area contributed by atoms with E-state index < -0.39 is 0 Å². The van der Waals surface area contributed by atoms with E-state index in [0.29, 0.717) is 75.8 Å². The molecule has 9 heteroatoms. The second-order valence-electron chi connectivity index (χ2n) is 7.65. The number of methoxy groups -OCH3 is 2. The Morgan fingerprint density at radius 1 is 0.871 bits per heavy atom. The number of likely N-dealkylation sites (tertiary alicyclic amines) is 1. The number of rotatable bonds is 5. The SMILES string of the molecule is CCOC(=O)N1CCN(C(=O)C2CCN(C(=O)c3ccc(OC)c(OC)c3)CC2)CC1. The molecule has 1 aromatic carbocycles. The van der Waals surface area contributed by atoms with E-state index in [1.54, 1.807) is 42.0 Å². The lowest BCUT2D eigenvalue weighted by Gasteiger charge is -2.38. The normalized spacial score (nSPS) is 17.3. The summed E-state index contributed by atoms with van der Waals surface area (Å²) in [5.74, 6) is 1.03. The average molecular weight is 434 g/mol. The van der Waals surface area contributed by atoms with E-state index in [4.69, 9.17) is 14.2 Å². The van der Waals surface area contributed by atoms with Crippen LogP contribution in [-0.4, -0.2) is 92.7 Å². The van der Waals surface area contributed by atoms with Crippen molar-refractivity contribution in [3.05, 3.63) is 23.8 Å². The van der Waals surface area contributed by atoms with Crippen molar-refractivity contribution in [1.82, 2.24) is 14.7 Å². The van der Waals surface area contributed by atoms with Gasteiger partial charge in [0.2, 0.25) is 5.91 Å². The second-order valence-corrected chi connectivity index (χ2v) is 7.65. The number of hydrogen-bond donors (Lipinski definition) is 0. The Labute approximate surface area is 182 Å². The van der Waals surface area contributed by atoms with Crippen LogP contribution in [0, 0.1) is 5.92 Å². The molecule has 0 spiro atoms. The van der Waals surface area contributed by atoms with Crippen molar-refractivity contribution in [3.63, 3.8) is 0 Å². The van der Waals surface area contributed by atoms with Gasteiger partial charge in [-0.25, -0.2) is 4.79 Å². The highest BCUT2D eigenvalue weighted by atomic mass is 16.6. The van der Waals surface area contributed by atoms with Crippen LogP contribution in [0.25, 0.3) is 0 Å². The van der Waals surface area contributed by atoms with Gasteiger partial charge in [-0.1, -0.05) is 0 Å². The van der Waals surface area contributed by atoms with Crippen molar-refractivity contribution >= 4 is 17.9 Å². The fourth-order valence-corrected chi connectivity index (χ4v) is 4.06. The molecule has 0 aromatic heterocycles. The summed E-state index contributed by atoms with van der Waals surface area (Å²) in [6.45, 7) is 5.20. The topological polar surface area (TPSA) is 88.6 Å². The molecule has 9 nitrogen and oxygen atoms in total. The highest BCUT2D eigenvalue weighted by molar-refractivity contribution is 5.95. The van der Waals surface area contributed by atoms with E-state index >= 15 is 0 Å². The predicted molar refractivity (Wildman–Crippen MR) is 113 cm³/mol. The smallest absolute Gasteiger partial charge is 0.409 e. The van der Waals surface area contributed by atoms with E-state index in [1.165, 1.54) is 7.11 Å². The molecule has 0 unspecified atom stereocenters. The Kier molecular flexibility index (Phi) is 7.59. The molecule has 2 saturated heterocycles. The number of hydrogen-bond acceptors (Lipinski definition) is 6. The summed E-state index contributed by atoms with van der Waals surface area (Å²) < 4.78 is 15.5. The van der Waals surface area contributed by atoms with E-state index in [-0.39, 0.29) is 23.8 Å². The number of nitrogens with zero attached hydrogens (tertiary/aromatic N) is 3. The van der Waals surface area contributed by atoms with Gasteiger partial charge in [0.1, 0.15) is 0 Å². The molecule has 2 heterocycles. The van der Waals surface area contributed by atoms with Crippen molar-refractivity contribution in [2.24, 2.45) is 5.92 Å². The van der Waals surface area contributed by atoms with Crippen molar-refractivity contribution in [2.45, 2.75) is 19.8 Å². The molecule has 2 aliphatic heterocycles. The monoisotopic (exact) mass is 433 g/mol. The van der Waals surface area contributed by atoms with Gasteiger partial charge in [-0.3, -0.25) is 9.59 Å². The maximum atomic E-state index is 12.9. The van der Waals surface area contributed by atoms with Crippen LogP contribution in [0.2, 0.25) is 0 Å². The molecule has 1 aromatic rings. The third-order valence-corrected chi connectivity index (χ3v) is 5.88. The van der Waals surface area contributed by atoms with Crippen LogP contribution in [0.3, 0.4) is 0 Å². The van der Waals surface area contributed by atoms with Crippen molar-refractivity contribution in [2.75, 3.05) is 60.1 Å². The van der Waals surface area contributed by atoms with Crippen molar-refractivity contribution in [3.8, 4) is 11.5 Å². The number of benzene rings is 1. The van der Waals surface area contributed by atoms with Crippen molar-refractivity contribution < 1.29 is 28.6 Å². The maximum Gasteiger partial charge on any atom is 0.409 e. The lowest BCUT2D eigenvalue weighted by Crippen LogP contribution is -2.53. The third kappa shape index (κ3) is 5.21. The fourth-order valence-electron chi connectivity index (χ4n) is 4.06. The summed E-state index contributed by atoms with van der Waals surface area (Å²) in [5.41, 5.74) is 0.539. The summed E-state index contributed by atoms with van der Waals surface area (Å²) in [7, 11) is 3.09. The van der Waals surface area contributed by atoms with Crippen LogP contribution in [0.15, 0.2) is 18.2 Å². The molecule has 0 saturated carbocycles. The Morgan fingerprint density at radius 2 is 1.48 bits per heavy atom. The fraction of sp³-hybridized carbons (Fsp3) is 0.591. The molecule has 0 bridgehead atoms. The zero-order valence-corrected chi connectivity index (χ0v) is 18.5. The molecule has 0 aliphatic carbocycles. The Morgan fingerprint density at radius 3 is 2.06 bits per heavy atom. The number of amides is 3. The first-order valence-electron chi connectivity index (χ1n) is 10.7. The summed E-state index contributed by atoms with van der Waals surface area (Å²) in [6, 6.07) is 5.13. The minimum atomic E-state index is -0.323. The van der Waals surface area contributed by atoms with Crippen LogP contribution in [0.1, 0.15) is 30.1 Å². The van der Waals surface area contributed by atoms with Gasteiger partial charge in [0.05, 0.1) is 20.8 Å². The van der Waals surface area contributed by atoms with Crippen LogP contribution in [0.4, 0.5) is 4.79 Å². The number of carbonyl (C=O) groups is 3. The summed E-state index contributed by atoms with van der Waals surface area (Å²) >= 11 is 0. The first kappa shape index (κ1) is 22.7. The summed E-state index contributed by atoms with van der Waals surface area (Å²) in [6.07, 6.45) is 0.947. The third-order valence-electron chi connectivity index (χ3n) is 5.88. The van der Waals surface area contributed by atoms with Gasteiger partial charge in [0.15, 0.2) is 11.5 Å². The molecule has 2 aliphatic rings. The predicted octanol–water partition coefficient (Wildman–Crippen LogP) is 1.86. The number of carbonyl (C=O) groups excluding carboxylic acids is 3. The Hall–Kier alpha value is -2.97. The number of piperidine rings is 1. The van der Waals surface area contributed by atoms with Gasteiger partial charge in [-0.2, -0.15) is 0 Å². The van der Waals surface area contributed by atoms with Crippen LogP contribution < -0.4 is 9.47 Å². The Bertz CT molecular complexity index is 798. The van der Waals surface area contributed by atoms with Gasteiger partial charge < -0.3 is 28.9 Å². The van der Waals surface area contributed by atoms with Gasteiger partial charge in [-0.15, -0.1) is 0 Å². The van der Waals surface area contributed by atoms with Gasteiger partial charge in [0.25, 0.3) is 5.91 Å². The quantitative estimate of drug-likeness (QED) is 0.704. The largest absolute Gasteiger partial charge is 0.493 e. The molecule has 31 heavy (non-hydrogen) atoms. The van der Waals surface area contributed by atoms with Gasteiger partial charge >= 0.3 is 6.09 Å². The van der Waals surface area contributed by atoms with E-state index in [0.717, 1.165) is 0 Å². The Balaban J connectivity index is 1.51. The van der Waals surface area contributed by atoms with E-state index in [1.807, 2.05) is 4.90 Å². The molecule has 0 N–H and O–H groups in total. The first-order valence-corrected chi connectivity index (χ1v) is 10.7. The van der Waals surface area contributed by atoms with Gasteiger partial charge in [0, 0.05) is 50.7 Å².